The van der Waals surface area contributed by atoms with Gasteiger partial charge in [0.1, 0.15) is 6.10 Å². The van der Waals surface area contributed by atoms with E-state index in [1.807, 2.05) is 0 Å². The zero-order valence-electron chi connectivity index (χ0n) is 6.99. The van der Waals surface area contributed by atoms with Crippen molar-refractivity contribution in [1.82, 2.24) is 10.3 Å². The topological polar surface area (TPSA) is 71.2 Å². The number of nitrogen functional groups attached to an aromatic ring is 1. The quantitative estimate of drug-likeness (QED) is 0.588. The Morgan fingerprint density at radius 2 is 2.42 bits per heavy atom. The second-order valence-electron chi connectivity index (χ2n) is 2.59. The van der Waals surface area contributed by atoms with E-state index in [1.54, 1.807) is 19.2 Å². The molecule has 1 aromatic rings. The summed E-state index contributed by atoms with van der Waals surface area (Å²) in [4.78, 5) is 3.98. The van der Waals surface area contributed by atoms with E-state index >= 15 is 0 Å². The highest BCUT2D eigenvalue weighted by atomic mass is 16.3. The molecule has 4 N–H and O–H groups in total. The number of hydrogen-bond donors (Lipinski definition) is 3. The molecule has 0 saturated carbocycles. The van der Waals surface area contributed by atoms with E-state index in [1.165, 1.54) is 6.20 Å². The van der Waals surface area contributed by atoms with Crippen LogP contribution in [-0.2, 0) is 0 Å². The average Bonchev–Trinajstić information content (AvgIpc) is 2.06. The molecule has 1 aromatic heterocycles. The van der Waals surface area contributed by atoms with Gasteiger partial charge in [0.25, 0.3) is 0 Å². The minimum absolute atomic E-state index is 0.497. The first-order chi connectivity index (χ1) is 5.74. The van der Waals surface area contributed by atoms with Crippen molar-refractivity contribution in [2.24, 2.45) is 0 Å². The highest BCUT2D eigenvalue weighted by Crippen LogP contribution is 2.09. The third-order valence-corrected chi connectivity index (χ3v) is 1.55. The Balaban J connectivity index is 2.68. The van der Waals surface area contributed by atoms with E-state index in [0.29, 0.717) is 17.9 Å². The van der Waals surface area contributed by atoms with Crippen LogP contribution in [-0.4, -0.2) is 23.7 Å². The summed E-state index contributed by atoms with van der Waals surface area (Å²) in [5, 5.41) is 12.3. The van der Waals surface area contributed by atoms with Gasteiger partial charge in [0, 0.05) is 6.54 Å². The molecule has 0 fully saturated rings. The summed E-state index contributed by atoms with van der Waals surface area (Å²) in [5.74, 6) is 0. The summed E-state index contributed by atoms with van der Waals surface area (Å²) < 4.78 is 0. The molecule has 0 spiro atoms. The van der Waals surface area contributed by atoms with Crippen LogP contribution in [0.15, 0.2) is 18.3 Å². The van der Waals surface area contributed by atoms with E-state index in [2.05, 4.69) is 10.3 Å². The normalized spacial score (nSPS) is 12.8. The number of aliphatic hydroxyl groups excluding tert-OH is 1. The fourth-order valence-corrected chi connectivity index (χ4v) is 0.912. The molecule has 0 saturated heterocycles. The molecule has 0 aliphatic heterocycles. The largest absolute Gasteiger partial charge is 0.397 e. The van der Waals surface area contributed by atoms with Gasteiger partial charge < -0.3 is 16.2 Å². The number of aliphatic hydroxyl groups is 1. The van der Waals surface area contributed by atoms with Crippen molar-refractivity contribution in [2.75, 3.05) is 19.3 Å². The second-order valence-corrected chi connectivity index (χ2v) is 2.59. The molecule has 66 valence electrons. The summed E-state index contributed by atoms with van der Waals surface area (Å²) in [5.41, 5.74) is 6.69. The fourth-order valence-electron chi connectivity index (χ4n) is 0.912. The van der Waals surface area contributed by atoms with Crippen molar-refractivity contribution < 1.29 is 5.11 Å². The number of likely N-dealkylation sites (N-methyl/N-ethyl adjacent to an activating group) is 1. The van der Waals surface area contributed by atoms with Crippen molar-refractivity contribution in [2.45, 2.75) is 6.10 Å². The van der Waals surface area contributed by atoms with Gasteiger partial charge in [-0.25, -0.2) is 0 Å². The molecule has 0 aromatic carbocycles. The van der Waals surface area contributed by atoms with Crippen molar-refractivity contribution in [1.29, 1.82) is 0 Å². The Kier molecular flexibility index (Phi) is 3.01. The number of rotatable bonds is 3. The average molecular weight is 167 g/mol. The zero-order valence-corrected chi connectivity index (χ0v) is 6.99. The lowest BCUT2D eigenvalue weighted by Gasteiger charge is -2.08. The standard InChI is InChI=1S/C8H13N3O/c1-10-5-8(12)7-3-2-6(9)4-11-7/h2-4,8,10,12H,5,9H2,1H3. The molecule has 1 heterocycles. The number of hydrogen-bond acceptors (Lipinski definition) is 4. The summed E-state index contributed by atoms with van der Waals surface area (Å²) in [6.45, 7) is 0.497. The SMILES string of the molecule is CNCC(O)c1ccc(N)cn1. The van der Waals surface area contributed by atoms with Crippen LogP contribution < -0.4 is 11.1 Å². The Bertz CT molecular complexity index is 235. The smallest absolute Gasteiger partial charge is 0.108 e. The molecule has 0 aliphatic carbocycles. The van der Waals surface area contributed by atoms with Crippen LogP contribution in [0.2, 0.25) is 0 Å². The van der Waals surface area contributed by atoms with Gasteiger partial charge >= 0.3 is 0 Å². The van der Waals surface area contributed by atoms with Crippen LogP contribution in [0, 0.1) is 0 Å². The van der Waals surface area contributed by atoms with E-state index in [-0.39, 0.29) is 0 Å². The lowest BCUT2D eigenvalue weighted by Crippen LogP contribution is -2.17. The molecule has 1 unspecified atom stereocenters. The summed E-state index contributed by atoms with van der Waals surface area (Å²) in [6.07, 6.45) is 0.976. The van der Waals surface area contributed by atoms with Crippen LogP contribution >= 0.6 is 0 Å². The predicted octanol–water partition coefficient (Wildman–Crippen LogP) is -0.0834. The maximum Gasteiger partial charge on any atom is 0.108 e. The molecule has 0 aliphatic rings. The minimum Gasteiger partial charge on any atom is -0.397 e. The summed E-state index contributed by atoms with van der Waals surface area (Å²) in [7, 11) is 1.78. The lowest BCUT2D eigenvalue weighted by molar-refractivity contribution is 0.173. The van der Waals surface area contributed by atoms with Crippen LogP contribution in [0.4, 0.5) is 5.69 Å². The van der Waals surface area contributed by atoms with E-state index in [0.717, 1.165) is 0 Å². The van der Waals surface area contributed by atoms with Crippen LogP contribution in [0.3, 0.4) is 0 Å². The van der Waals surface area contributed by atoms with Crippen LogP contribution in [0.1, 0.15) is 11.8 Å². The van der Waals surface area contributed by atoms with E-state index in [9.17, 15) is 5.11 Å². The van der Waals surface area contributed by atoms with Gasteiger partial charge in [-0.15, -0.1) is 0 Å². The molecule has 0 bridgehead atoms. The second kappa shape index (κ2) is 4.04. The highest BCUT2D eigenvalue weighted by molar-refractivity contribution is 5.34. The lowest BCUT2D eigenvalue weighted by atomic mass is 10.2. The number of pyridine rings is 1. The molecule has 1 rings (SSSR count). The first-order valence-electron chi connectivity index (χ1n) is 3.78. The third-order valence-electron chi connectivity index (χ3n) is 1.55. The van der Waals surface area contributed by atoms with Gasteiger partial charge in [-0.2, -0.15) is 0 Å². The first kappa shape index (κ1) is 8.96. The van der Waals surface area contributed by atoms with Gasteiger partial charge in [-0.1, -0.05) is 0 Å². The summed E-state index contributed by atoms with van der Waals surface area (Å²) in [6, 6.07) is 3.44. The van der Waals surface area contributed by atoms with Crippen LogP contribution in [0.25, 0.3) is 0 Å². The molecular weight excluding hydrogens is 154 g/mol. The Morgan fingerprint density at radius 1 is 1.67 bits per heavy atom. The monoisotopic (exact) mass is 167 g/mol. The Labute approximate surface area is 71.4 Å². The number of nitrogens with two attached hydrogens (primary N) is 1. The Morgan fingerprint density at radius 3 is 2.92 bits per heavy atom. The maximum atomic E-state index is 9.45. The molecule has 1 atom stereocenters. The number of anilines is 1. The van der Waals surface area contributed by atoms with Crippen molar-refractivity contribution in [3.05, 3.63) is 24.0 Å². The zero-order chi connectivity index (χ0) is 8.97. The molecule has 12 heavy (non-hydrogen) atoms. The third kappa shape index (κ3) is 2.18. The number of nitrogens with zero attached hydrogens (tertiary/aromatic N) is 1. The van der Waals surface area contributed by atoms with Gasteiger partial charge in [-0.3, -0.25) is 4.98 Å². The number of aromatic nitrogens is 1. The van der Waals surface area contributed by atoms with E-state index in [4.69, 9.17) is 5.73 Å². The number of nitrogens with one attached hydrogen (secondary N) is 1. The van der Waals surface area contributed by atoms with Crippen LogP contribution in [0.5, 0.6) is 0 Å². The van der Waals surface area contributed by atoms with Gasteiger partial charge in [-0.05, 0) is 19.2 Å². The van der Waals surface area contributed by atoms with Crippen molar-refractivity contribution in [3.63, 3.8) is 0 Å². The first-order valence-corrected chi connectivity index (χ1v) is 3.78. The minimum atomic E-state index is -0.560. The summed E-state index contributed by atoms with van der Waals surface area (Å²) >= 11 is 0. The van der Waals surface area contributed by atoms with Crippen molar-refractivity contribution in [3.8, 4) is 0 Å². The van der Waals surface area contributed by atoms with Crippen molar-refractivity contribution >= 4 is 5.69 Å². The molecule has 0 radical (unpaired) electrons. The van der Waals surface area contributed by atoms with Gasteiger partial charge in [0.2, 0.25) is 0 Å². The maximum absolute atomic E-state index is 9.45. The molecule has 4 nitrogen and oxygen atoms in total. The predicted molar refractivity (Wildman–Crippen MR) is 47.5 cm³/mol. The molecular formula is C8H13N3O. The Hall–Kier alpha value is -1.13. The molecule has 0 amide bonds. The fraction of sp³-hybridized carbons (Fsp3) is 0.375. The van der Waals surface area contributed by atoms with E-state index < -0.39 is 6.10 Å². The van der Waals surface area contributed by atoms with Gasteiger partial charge in [0.15, 0.2) is 0 Å². The highest BCUT2D eigenvalue weighted by Gasteiger charge is 2.05. The van der Waals surface area contributed by atoms with Gasteiger partial charge in [0.05, 0.1) is 17.6 Å². The molecule has 4 heteroatoms.